The molecule has 2 aromatic carbocycles. The number of para-hydroxylation sites is 2. The number of hydrogen-bond donors (Lipinski definition) is 1. The number of rotatable bonds is 8. The number of fused-ring (bicyclic) bond motifs is 1. The Hall–Kier alpha value is -2.53. The van der Waals surface area contributed by atoms with Gasteiger partial charge in [0.15, 0.2) is 0 Å². The summed E-state index contributed by atoms with van der Waals surface area (Å²) in [5, 5.41) is 3.70. The third kappa shape index (κ3) is 4.80. The van der Waals surface area contributed by atoms with Crippen molar-refractivity contribution in [2.45, 2.75) is 39.3 Å². The zero-order chi connectivity index (χ0) is 19.2. The van der Waals surface area contributed by atoms with Crippen LogP contribution in [-0.2, 0) is 11.3 Å². The summed E-state index contributed by atoms with van der Waals surface area (Å²) in [5.41, 5.74) is 2.00. The van der Waals surface area contributed by atoms with E-state index < -0.39 is 0 Å². The van der Waals surface area contributed by atoms with E-state index in [4.69, 9.17) is 21.3 Å². The Morgan fingerprint density at radius 2 is 1.96 bits per heavy atom. The van der Waals surface area contributed by atoms with Crippen LogP contribution < -0.4 is 10.1 Å². The van der Waals surface area contributed by atoms with Gasteiger partial charge in [0.1, 0.15) is 11.6 Å². The van der Waals surface area contributed by atoms with E-state index in [0.29, 0.717) is 18.1 Å². The van der Waals surface area contributed by atoms with E-state index in [0.717, 1.165) is 35.6 Å². The maximum Gasteiger partial charge on any atom is 0.220 e. The molecule has 3 rings (SSSR count). The molecule has 1 heterocycles. The molecule has 0 bridgehead atoms. The second-order valence-electron chi connectivity index (χ2n) is 6.41. The van der Waals surface area contributed by atoms with Gasteiger partial charge in [0.2, 0.25) is 5.91 Å². The van der Waals surface area contributed by atoms with Crippen LogP contribution >= 0.6 is 11.6 Å². The van der Waals surface area contributed by atoms with Gasteiger partial charge in [-0.2, -0.15) is 0 Å². The van der Waals surface area contributed by atoms with Gasteiger partial charge in [-0.3, -0.25) is 4.79 Å². The summed E-state index contributed by atoms with van der Waals surface area (Å²) in [5.74, 6) is 1.69. The van der Waals surface area contributed by atoms with Crippen LogP contribution in [0.4, 0.5) is 0 Å². The molecule has 0 fully saturated rings. The molecule has 0 saturated heterocycles. The van der Waals surface area contributed by atoms with Gasteiger partial charge in [-0.15, -0.1) is 0 Å². The standard InChI is InChI=1S/C21H24ClN3O2/c1-3-20(26)23-15(2)21-24-18-7-4-5-8-19(18)25(21)13-6-14-27-17-11-9-16(22)10-12-17/h4-5,7-12,15H,3,6,13-14H2,1-2H3,(H,23,26). The number of amides is 1. The van der Waals surface area contributed by atoms with Crippen molar-refractivity contribution in [2.75, 3.05) is 6.61 Å². The van der Waals surface area contributed by atoms with Crippen LogP contribution in [0.2, 0.25) is 5.02 Å². The van der Waals surface area contributed by atoms with Crippen molar-refractivity contribution in [1.82, 2.24) is 14.9 Å². The van der Waals surface area contributed by atoms with Crippen molar-refractivity contribution >= 4 is 28.5 Å². The summed E-state index contributed by atoms with van der Waals surface area (Å²) in [7, 11) is 0. The predicted molar refractivity (Wildman–Crippen MR) is 108 cm³/mol. The van der Waals surface area contributed by atoms with Gasteiger partial charge in [0.05, 0.1) is 23.7 Å². The van der Waals surface area contributed by atoms with Crippen molar-refractivity contribution in [1.29, 1.82) is 0 Å². The minimum absolute atomic E-state index is 0.0205. The van der Waals surface area contributed by atoms with Gasteiger partial charge in [-0.05, 0) is 49.7 Å². The van der Waals surface area contributed by atoms with Gasteiger partial charge < -0.3 is 14.6 Å². The highest BCUT2D eigenvalue weighted by atomic mass is 35.5. The van der Waals surface area contributed by atoms with E-state index >= 15 is 0 Å². The van der Waals surface area contributed by atoms with Gasteiger partial charge in [-0.1, -0.05) is 30.7 Å². The lowest BCUT2D eigenvalue weighted by molar-refractivity contribution is -0.121. The molecule has 0 radical (unpaired) electrons. The van der Waals surface area contributed by atoms with E-state index in [-0.39, 0.29) is 11.9 Å². The summed E-state index contributed by atoms with van der Waals surface area (Å²) < 4.78 is 7.96. The first-order valence-electron chi connectivity index (χ1n) is 9.21. The summed E-state index contributed by atoms with van der Waals surface area (Å²) in [6, 6.07) is 15.2. The molecule has 3 aromatic rings. The topological polar surface area (TPSA) is 56.2 Å². The molecule has 0 saturated carbocycles. The van der Waals surface area contributed by atoms with Gasteiger partial charge in [0, 0.05) is 18.0 Å². The second kappa shape index (κ2) is 8.91. The lowest BCUT2D eigenvalue weighted by Gasteiger charge is -2.16. The quantitative estimate of drug-likeness (QED) is 0.569. The summed E-state index contributed by atoms with van der Waals surface area (Å²) in [6.07, 6.45) is 1.28. The number of carbonyl (C=O) groups is 1. The Morgan fingerprint density at radius 3 is 2.70 bits per heavy atom. The molecule has 0 aliphatic rings. The molecule has 1 atom stereocenters. The first-order chi connectivity index (χ1) is 13.1. The molecule has 1 aromatic heterocycles. The molecule has 0 aliphatic heterocycles. The Bertz CT molecular complexity index is 905. The van der Waals surface area contributed by atoms with Gasteiger partial charge in [-0.25, -0.2) is 4.98 Å². The van der Waals surface area contributed by atoms with Crippen molar-refractivity contribution in [3.8, 4) is 5.75 Å². The average Bonchev–Trinajstić information content (AvgIpc) is 3.05. The highest BCUT2D eigenvalue weighted by Gasteiger charge is 2.17. The lowest BCUT2D eigenvalue weighted by Crippen LogP contribution is -2.28. The Balaban J connectivity index is 1.70. The maximum absolute atomic E-state index is 11.8. The zero-order valence-corrected chi connectivity index (χ0v) is 16.4. The Kier molecular flexibility index (Phi) is 6.35. The molecule has 0 aliphatic carbocycles. The number of ether oxygens (including phenoxy) is 1. The van der Waals surface area contributed by atoms with E-state index in [1.54, 1.807) is 0 Å². The number of nitrogens with one attached hydrogen (secondary N) is 1. The molecule has 1 amide bonds. The van der Waals surface area contributed by atoms with Gasteiger partial charge >= 0.3 is 0 Å². The van der Waals surface area contributed by atoms with E-state index in [1.807, 2.05) is 56.3 Å². The molecular formula is C21H24ClN3O2. The SMILES string of the molecule is CCC(=O)NC(C)c1nc2ccccc2n1CCCOc1ccc(Cl)cc1. The fourth-order valence-electron chi connectivity index (χ4n) is 3.01. The number of hydrogen-bond acceptors (Lipinski definition) is 3. The third-order valence-corrected chi connectivity index (χ3v) is 4.63. The van der Waals surface area contributed by atoms with Crippen LogP contribution in [0.5, 0.6) is 5.75 Å². The first-order valence-corrected chi connectivity index (χ1v) is 9.59. The highest BCUT2D eigenvalue weighted by molar-refractivity contribution is 6.30. The van der Waals surface area contributed by atoms with Crippen LogP contribution in [0.15, 0.2) is 48.5 Å². The summed E-state index contributed by atoms with van der Waals surface area (Å²) in [4.78, 5) is 16.5. The molecule has 1 unspecified atom stereocenters. The molecular weight excluding hydrogens is 362 g/mol. The number of carbonyl (C=O) groups excluding carboxylic acids is 1. The van der Waals surface area contributed by atoms with Crippen LogP contribution in [0, 0.1) is 0 Å². The maximum atomic E-state index is 11.8. The van der Waals surface area contributed by atoms with Crippen LogP contribution in [-0.4, -0.2) is 22.1 Å². The number of halogens is 1. The highest BCUT2D eigenvalue weighted by Crippen LogP contribution is 2.22. The van der Waals surface area contributed by atoms with Gasteiger partial charge in [0.25, 0.3) is 0 Å². The fraction of sp³-hybridized carbons (Fsp3) is 0.333. The van der Waals surface area contributed by atoms with E-state index in [1.165, 1.54) is 0 Å². The summed E-state index contributed by atoms with van der Waals surface area (Å²) >= 11 is 5.89. The van der Waals surface area contributed by atoms with Crippen LogP contribution in [0.3, 0.4) is 0 Å². The van der Waals surface area contributed by atoms with E-state index in [9.17, 15) is 4.79 Å². The second-order valence-corrected chi connectivity index (χ2v) is 6.85. The number of benzene rings is 2. The Morgan fingerprint density at radius 1 is 1.22 bits per heavy atom. The molecule has 0 spiro atoms. The number of nitrogens with zero attached hydrogens (tertiary/aromatic N) is 2. The van der Waals surface area contributed by atoms with Crippen LogP contribution in [0.25, 0.3) is 11.0 Å². The van der Waals surface area contributed by atoms with Crippen molar-refractivity contribution < 1.29 is 9.53 Å². The number of imidazole rings is 1. The summed E-state index contributed by atoms with van der Waals surface area (Å²) in [6.45, 7) is 5.16. The minimum Gasteiger partial charge on any atom is -0.494 e. The minimum atomic E-state index is -0.151. The zero-order valence-electron chi connectivity index (χ0n) is 15.6. The normalized spacial score (nSPS) is 12.1. The van der Waals surface area contributed by atoms with E-state index in [2.05, 4.69) is 16.0 Å². The lowest BCUT2D eigenvalue weighted by atomic mass is 10.2. The molecule has 27 heavy (non-hydrogen) atoms. The number of aryl methyl sites for hydroxylation is 1. The largest absolute Gasteiger partial charge is 0.494 e. The third-order valence-electron chi connectivity index (χ3n) is 4.38. The Labute approximate surface area is 164 Å². The van der Waals surface area contributed by atoms with Crippen molar-refractivity contribution in [3.05, 3.63) is 59.4 Å². The average molecular weight is 386 g/mol. The monoisotopic (exact) mass is 385 g/mol. The van der Waals surface area contributed by atoms with Crippen molar-refractivity contribution in [2.24, 2.45) is 0 Å². The number of aromatic nitrogens is 2. The molecule has 5 nitrogen and oxygen atoms in total. The fourth-order valence-corrected chi connectivity index (χ4v) is 3.14. The van der Waals surface area contributed by atoms with Crippen LogP contribution in [0.1, 0.15) is 38.6 Å². The molecule has 142 valence electrons. The predicted octanol–water partition coefficient (Wildman–Crippen LogP) is 4.75. The molecule has 6 heteroatoms. The van der Waals surface area contributed by atoms with Crippen molar-refractivity contribution in [3.63, 3.8) is 0 Å². The first kappa shape index (κ1) is 19.2. The smallest absolute Gasteiger partial charge is 0.220 e. The molecule has 1 N–H and O–H groups in total.